The third-order valence-corrected chi connectivity index (χ3v) is 2.73. The van der Waals surface area contributed by atoms with Crippen LogP contribution in [0.5, 0.6) is 0 Å². The number of rotatable bonds is 5. The van der Waals surface area contributed by atoms with Crippen LogP contribution in [0.1, 0.15) is 24.2 Å². The summed E-state index contributed by atoms with van der Waals surface area (Å²) in [5.41, 5.74) is 5.96. The van der Waals surface area contributed by atoms with Crippen molar-refractivity contribution in [1.29, 1.82) is 0 Å². The number of primary amides is 1. The number of anilines is 1. The summed E-state index contributed by atoms with van der Waals surface area (Å²) in [5, 5.41) is 14.3. The van der Waals surface area contributed by atoms with Gasteiger partial charge in [0.25, 0.3) is 5.91 Å². The van der Waals surface area contributed by atoms with Crippen LogP contribution >= 0.6 is 0 Å². The molecule has 0 aromatic heterocycles. The summed E-state index contributed by atoms with van der Waals surface area (Å²) in [6.07, 6.45) is 0. The van der Waals surface area contributed by atoms with E-state index >= 15 is 0 Å². The van der Waals surface area contributed by atoms with Gasteiger partial charge in [-0.05, 0) is 30.2 Å². The number of carbonyl (C=O) groups excluding carboxylic acids is 2. The van der Waals surface area contributed by atoms with Crippen LogP contribution in [-0.4, -0.2) is 29.7 Å². The van der Waals surface area contributed by atoms with E-state index in [9.17, 15) is 9.59 Å². The van der Waals surface area contributed by atoms with Gasteiger partial charge in [-0.25, -0.2) is 4.79 Å². The third-order valence-electron chi connectivity index (χ3n) is 2.73. The number of aliphatic hydroxyl groups is 1. The second-order valence-electron chi connectivity index (χ2n) is 4.57. The first kappa shape index (κ1) is 15.0. The summed E-state index contributed by atoms with van der Waals surface area (Å²) in [7, 11) is 0. The first-order valence-corrected chi connectivity index (χ1v) is 6.02. The fourth-order valence-corrected chi connectivity index (χ4v) is 1.52. The minimum absolute atomic E-state index is 0.106. The molecule has 1 aromatic carbocycles. The minimum Gasteiger partial charge on any atom is -0.394 e. The zero-order chi connectivity index (χ0) is 14.4. The SMILES string of the molecule is CC(C)[C@@H](CO)NC(=O)c1ccc(NC(N)=O)cc1. The first-order chi connectivity index (χ1) is 8.93. The van der Waals surface area contributed by atoms with E-state index < -0.39 is 6.03 Å². The number of urea groups is 1. The van der Waals surface area contributed by atoms with Gasteiger partial charge in [-0.3, -0.25) is 4.79 Å². The fourth-order valence-electron chi connectivity index (χ4n) is 1.52. The molecule has 0 aliphatic rings. The van der Waals surface area contributed by atoms with E-state index in [0.29, 0.717) is 11.3 Å². The molecule has 6 heteroatoms. The van der Waals surface area contributed by atoms with Crippen molar-refractivity contribution in [2.24, 2.45) is 11.7 Å². The Hall–Kier alpha value is -2.08. The summed E-state index contributed by atoms with van der Waals surface area (Å²) in [6.45, 7) is 3.73. The predicted octanol–water partition coefficient (Wildman–Crippen LogP) is 0.924. The van der Waals surface area contributed by atoms with Gasteiger partial charge in [-0.1, -0.05) is 13.8 Å². The number of nitrogens with one attached hydrogen (secondary N) is 2. The molecule has 104 valence electrons. The van der Waals surface area contributed by atoms with Gasteiger partial charge in [0, 0.05) is 11.3 Å². The van der Waals surface area contributed by atoms with Crippen molar-refractivity contribution in [3.63, 3.8) is 0 Å². The summed E-state index contributed by atoms with van der Waals surface area (Å²) in [5.74, 6) is -0.122. The highest BCUT2D eigenvalue weighted by molar-refractivity contribution is 5.95. The van der Waals surface area contributed by atoms with Gasteiger partial charge in [0.1, 0.15) is 0 Å². The first-order valence-electron chi connectivity index (χ1n) is 6.02. The lowest BCUT2D eigenvalue weighted by Crippen LogP contribution is -2.41. The highest BCUT2D eigenvalue weighted by atomic mass is 16.3. The van der Waals surface area contributed by atoms with E-state index in [1.807, 2.05) is 13.8 Å². The molecule has 19 heavy (non-hydrogen) atoms. The molecule has 0 bridgehead atoms. The van der Waals surface area contributed by atoms with Crippen LogP contribution in [0.3, 0.4) is 0 Å². The van der Waals surface area contributed by atoms with Gasteiger partial charge in [0.15, 0.2) is 0 Å². The highest BCUT2D eigenvalue weighted by Gasteiger charge is 2.16. The van der Waals surface area contributed by atoms with Crippen LogP contribution in [0.2, 0.25) is 0 Å². The monoisotopic (exact) mass is 265 g/mol. The van der Waals surface area contributed by atoms with Gasteiger partial charge in [0.2, 0.25) is 0 Å². The molecule has 5 N–H and O–H groups in total. The molecule has 0 heterocycles. The van der Waals surface area contributed by atoms with Gasteiger partial charge < -0.3 is 21.5 Å². The van der Waals surface area contributed by atoms with Crippen LogP contribution < -0.4 is 16.4 Å². The largest absolute Gasteiger partial charge is 0.394 e. The zero-order valence-electron chi connectivity index (χ0n) is 11.0. The van der Waals surface area contributed by atoms with Crippen molar-refractivity contribution < 1.29 is 14.7 Å². The molecular weight excluding hydrogens is 246 g/mol. The van der Waals surface area contributed by atoms with Gasteiger partial charge in [0.05, 0.1) is 12.6 Å². The zero-order valence-corrected chi connectivity index (χ0v) is 11.0. The van der Waals surface area contributed by atoms with Crippen LogP contribution in [0, 0.1) is 5.92 Å². The van der Waals surface area contributed by atoms with Gasteiger partial charge in [-0.15, -0.1) is 0 Å². The quantitative estimate of drug-likeness (QED) is 0.636. The molecule has 0 fully saturated rings. The number of benzene rings is 1. The molecule has 1 aromatic rings. The standard InChI is InChI=1S/C13H19N3O3/c1-8(2)11(7-17)16-12(18)9-3-5-10(6-4-9)15-13(14)19/h3-6,8,11,17H,7H2,1-2H3,(H,16,18)(H3,14,15,19)/t11-/m1/s1. The molecule has 3 amide bonds. The molecule has 0 saturated carbocycles. The average Bonchev–Trinajstić information content (AvgIpc) is 2.35. The number of carbonyl (C=O) groups is 2. The second-order valence-corrected chi connectivity index (χ2v) is 4.57. The summed E-state index contributed by atoms with van der Waals surface area (Å²) < 4.78 is 0. The molecule has 0 aliphatic carbocycles. The molecule has 1 rings (SSSR count). The molecule has 0 aliphatic heterocycles. The molecule has 1 atom stereocenters. The van der Waals surface area contributed by atoms with Crippen molar-refractivity contribution in [1.82, 2.24) is 5.32 Å². The van der Waals surface area contributed by atoms with Crippen molar-refractivity contribution in [2.45, 2.75) is 19.9 Å². The van der Waals surface area contributed by atoms with Gasteiger partial charge in [-0.2, -0.15) is 0 Å². The fraction of sp³-hybridized carbons (Fsp3) is 0.385. The van der Waals surface area contributed by atoms with E-state index in [-0.39, 0.29) is 24.5 Å². The van der Waals surface area contributed by atoms with Crippen LogP contribution in [-0.2, 0) is 0 Å². The van der Waals surface area contributed by atoms with Crippen LogP contribution in [0.4, 0.5) is 10.5 Å². The average molecular weight is 265 g/mol. The van der Waals surface area contributed by atoms with Crippen molar-refractivity contribution in [3.05, 3.63) is 29.8 Å². The number of aliphatic hydroxyl groups excluding tert-OH is 1. The molecule has 0 spiro atoms. The number of hydrogen-bond acceptors (Lipinski definition) is 3. The Labute approximate surface area is 112 Å². The van der Waals surface area contributed by atoms with E-state index in [1.54, 1.807) is 24.3 Å². The lowest BCUT2D eigenvalue weighted by Gasteiger charge is -2.19. The molecule has 0 radical (unpaired) electrons. The number of hydrogen-bond donors (Lipinski definition) is 4. The minimum atomic E-state index is -0.655. The normalized spacial score (nSPS) is 12.0. The number of nitrogens with two attached hydrogens (primary N) is 1. The second kappa shape index (κ2) is 6.75. The Balaban J connectivity index is 2.69. The molecular formula is C13H19N3O3. The maximum absolute atomic E-state index is 11.9. The lowest BCUT2D eigenvalue weighted by molar-refractivity contribution is 0.0897. The van der Waals surface area contributed by atoms with E-state index in [4.69, 9.17) is 10.8 Å². The van der Waals surface area contributed by atoms with Crippen molar-refractivity contribution in [3.8, 4) is 0 Å². The Kier molecular flexibility index (Phi) is 5.32. The Morgan fingerprint density at radius 3 is 2.26 bits per heavy atom. The summed E-state index contributed by atoms with van der Waals surface area (Å²) in [4.78, 5) is 22.6. The Morgan fingerprint density at radius 2 is 1.84 bits per heavy atom. The summed E-state index contributed by atoms with van der Waals surface area (Å²) >= 11 is 0. The highest BCUT2D eigenvalue weighted by Crippen LogP contribution is 2.10. The smallest absolute Gasteiger partial charge is 0.316 e. The van der Waals surface area contributed by atoms with Gasteiger partial charge >= 0.3 is 6.03 Å². The van der Waals surface area contributed by atoms with Crippen LogP contribution in [0.25, 0.3) is 0 Å². The van der Waals surface area contributed by atoms with Crippen LogP contribution in [0.15, 0.2) is 24.3 Å². The number of amides is 3. The van der Waals surface area contributed by atoms with E-state index in [2.05, 4.69) is 10.6 Å². The van der Waals surface area contributed by atoms with Crippen molar-refractivity contribution in [2.75, 3.05) is 11.9 Å². The van der Waals surface area contributed by atoms with E-state index in [0.717, 1.165) is 0 Å². The maximum Gasteiger partial charge on any atom is 0.316 e. The maximum atomic E-state index is 11.9. The Bertz CT molecular complexity index is 443. The summed E-state index contributed by atoms with van der Waals surface area (Å²) in [6, 6.07) is 5.39. The third kappa shape index (κ3) is 4.59. The predicted molar refractivity (Wildman–Crippen MR) is 72.8 cm³/mol. The lowest BCUT2D eigenvalue weighted by atomic mass is 10.0. The topological polar surface area (TPSA) is 104 Å². The van der Waals surface area contributed by atoms with E-state index in [1.165, 1.54) is 0 Å². The van der Waals surface area contributed by atoms with Crippen molar-refractivity contribution >= 4 is 17.6 Å². The molecule has 6 nitrogen and oxygen atoms in total. The molecule has 0 saturated heterocycles. The Morgan fingerprint density at radius 1 is 1.26 bits per heavy atom. The molecule has 0 unspecified atom stereocenters.